The van der Waals surface area contributed by atoms with Gasteiger partial charge < -0.3 is 19.5 Å². The first kappa shape index (κ1) is 19.6. The predicted octanol–water partition coefficient (Wildman–Crippen LogP) is 3.70. The first-order valence-corrected chi connectivity index (χ1v) is 8.77. The van der Waals surface area contributed by atoms with Crippen LogP contribution in [-0.2, 0) is 4.79 Å². The van der Waals surface area contributed by atoms with Crippen molar-refractivity contribution in [1.82, 2.24) is 5.32 Å². The van der Waals surface area contributed by atoms with Gasteiger partial charge in [-0.1, -0.05) is 38.1 Å². The molecule has 0 bridgehead atoms. The molecule has 0 saturated carbocycles. The van der Waals surface area contributed by atoms with E-state index < -0.39 is 0 Å². The zero-order valence-corrected chi connectivity index (χ0v) is 15.9. The van der Waals surface area contributed by atoms with Gasteiger partial charge in [-0.25, -0.2) is 0 Å². The number of carbonyl (C=O) groups excluding carboxylic acids is 1. The lowest BCUT2D eigenvalue weighted by Gasteiger charge is -2.15. The summed E-state index contributed by atoms with van der Waals surface area (Å²) in [5, 5.41) is 2.79. The van der Waals surface area contributed by atoms with Crippen molar-refractivity contribution in [2.45, 2.75) is 26.7 Å². The van der Waals surface area contributed by atoms with Gasteiger partial charge >= 0.3 is 0 Å². The molecular formula is C21H27NO4. The van der Waals surface area contributed by atoms with Crippen LogP contribution >= 0.6 is 0 Å². The number of methoxy groups -OCH3 is 1. The number of ether oxygens (including phenoxy) is 3. The molecule has 0 fully saturated rings. The third-order valence-corrected chi connectivity index (χ3v) is 3.90. The number of nitrogens with one attached hydrogen (secondary N) is 1. The number of rotatable bonds is 9. The Hall–Kier alpha value is -2.69. The van der Waals surface area contributed by atoms with Crippen molar-refractivity contribution in [2.75, 3.05) is 26.9 Å². The van der Waals surface area contributed by atoms with Gasteiger partial charge in [-0.15, -0.1) is 0 Å². The summed E-state index contributed by atoms with van der Waals surface area (Å²) in [6, 6.07) is 13.5. The highest BCUT2D eigenvalue weighted by molar-refractivity contribution is 5.77. The van der Waals surface area contributed by atoms with E-state index in [1.807, 2.05) is 43.3 Å². The minimum absolute atomic E-state index is 0.0160. The Kier molecular flexibility index (Phi) is 7.33. The molecule has 0 aliphatic rings. The molecule has 0 atom stereocenters. The van der Waals surface area contributed by atoms with E-state index in [9.17, 15) is 4.79 Å². The van der Waals surface area contributed by atoms with Crippen LogP contribution in [0.1, 0.15) is 30.9 Å². The summed E-state index contributed by atoms with van der Waals surface area (Å²) in [6.07, 6.45) is 0. The summed E-state index contributed by atoms with van der Waals surface area (Å²) >= 11 is 0. The van der Waals surface area contributed by atoms with Crippen LogP contribution in [0.3, 0.4) is 0 Å². The summed E-state index contributed by atoms with van der Waals surface area (Å²) in [4.78, 5) is 12.0. The van der Waals surface area contributed by atoms with E-state index in [0.29, 0.717) is 30.6 Å². The van der Waals surface area contributed by atoms with E-state index in [0.717, 1.165) is 16.9 Å². The Morgan fingerprint density at radius 3 is 2.46 bits per heavy atom. The predicted molar refractivity (Wildman–Crippen MR) is 102 cm³/mol. The van der Waals surface area contributed by atoms with Crippen LogP contribution in [0.5, 0.6) is 17.2 Å². The first-order chi connectivity index (χ1) is 12.5. The van der Waals surface area contributed by atoms with Crippen molar-refractivity contribution in [3.8, 4) is 17.2 Å². The highest BCUT2D eigenvalue weighted by Crippen LogP contribution is 2.27. The van der Waals surface area contributed by atoms with Crippen molar-refractivity contribution < 1.29 is 19.0 Å². The third kappa shape index (κ3) is 5.69. The lowest BCUT2D eigenvalue weighted by Crippen LogP contribution is -2.32. The third-order valence-electron chi connectivity index (χ3n) is 3.90. The quantitative estimate of drug-likeness (QED) is 0.695. The van der Waals surface area contributed by atoms with Crippen LogP contribution in [0.2, 0.25) is 0 Å². The standard InChI is InChI=1S/C21H27NO4/c1-15(2)17-10-9-16(3)13-20(17)26-14-21(23)22-11-12-25-19-8-6-5-7-18(19)24-4/h5-10,13,15H,11-12,14H2,1-4H3,(H,22,23). The molecule has 0 spiro atoms. The van der Waals surface area contributed by atoms with Gasteiger partial charge in [0.1, 0.15) is 12.4 Å². The van der Waals surface area contributed by atoms with Gasteiger partial charge in [-0.3, -0.25) is 4.79 Å². The van der Waals surface area contributed by atoms with E-state index in [1.165, 1.54) is 0 Å². The van der Waals surface area contributed by atoms with Gasteiger partial charge in [-0.2, -0.15) is 0 Å². The molecule has 5 nitrogen and oxygen atoms in total. The number of benzene rings is 2. The number of amides is 1. The van der Waals surface area contributed by atoms with Gasteiger partial charge in [0.05, 0.1) is 13.7 Å². The Labute approximate surface area is 155 Å². The molecule has 1 N–H and O–H groups in total. The molecule has 2 rings (SSSR count). The van der Waals surface area contributed by atoms with E-state index in [1.54, 1.807) is 7.11 Å². The molecule has 0 aliphatic heterocycles. The highest BCUT2D eigenvalue weighted by atomic mass is 16.5. The van der Waals surface area contributed by atoms with Gasteiger partial charge in [0.25, 0.3) is 5.91 Å². The fourth-order valence-corrected chi connectivity index (χ4v) is 2.53. The van der Waals surface area contributed by atoms with Crippen LogP contribution in [0.25, 0.3) is 0 Å². The molecule has 1 amide bonds. The molecule has 0 heterocycles. The molecular weight excluding hydrogens is 330 g/mol. The summed E-state index contributed by atoms with van der Waals surface area (Å²) in [5.41, 5.74) is 2.21. The Bertz CT molecular complexity index is 728. The first-order valence-electron chi connectivity index (χ1n) is 8.77. The Morgan fingerprint density at radius 1 is 1.04 bits per heavy atom. The molecule has 0 aliphatic carbocycles. The van der Waals surface area contributed by atoms with E-state index in [4.69, 9.17) is 14.2 Å². The van der Waals surface area contributed by atoms with Crippen molar-refractivity contribution in [3.05, 3.63) is 53.6 Å². The van der Waals surface area contributed by atoms with E-state index in [-0.39, 0.29) is 12.5 Å². The van der Waals surface area contributed by atoms with Crippen molar-refractivity contribution in [3.63, 3.8) is 0 Å². The molecule has 5 heteroatoms. The summed E-state index contributed by atoms with van der Waals surface area (Å²) in [5.74, 6) is 2.25. The second kappa shape index (κ2) is 9.70. The zero-order valence-electron chi connectivity index (χ0n) is 15.9. The molecule has 26 heavy (non-hydrogen) atoms. The minimum Gasteiger partial charge on any atom is -0.493 e. The largest absolute Gasteiger partial charge is 0.493 e. The normalized spacial score (nSPS) is 10.5. The monoisotopic (exact) mass is 357 g/mol. The van der Waals surface area contributed by atoms with Crippen LogP contribution in [-0.4, -0.2) is 32.8 Å². The maximum Gasteiger partial charge on any atom is 0.258 e. The molecule has 0 radical (unpaired) electrons. The Balaban J connectivity index is 1.77. The fraction of sp³-hybridized carbons (Fsp3) is 0.381. The molecule has 0 unspecified atom stereocenters. The highest BCUT2D eigenvalue weighted by Gasteiger charge is 2.10. The summed E-state index contributed by atoms with van der Waals surface area (Å²) in [6.45, 7) is 6.95. The van der Waals surface area contributed by atoms with Crippen LogP contribution in [0.15, 0.2) is 42.5 Å². The number of carbonyl (C=O) groups is 1. The average Bonchev–Trinajstić information content (AvgIpc) is 2.63. The zero-order chi connectivity index (χ0) is 18.9. The van der Waals surface area contributed by atoms with Crippen molar-refractivity contribution in [1.29, 1.82) is 0 Å². The minimum atomic E-state index is -0.176. The van der Waals surface area contributed by atoms with Gasteiger partial charge in [0, 0.05) is 0 Å². The molecule has 2 aromatic carbocycles. The van der Waals surface area contributed by atoms with E-state index in [2.05, 4.69) is 25.2 Å². The average molecular weight is 357 g/mol. The maximum absolute atomic E-state index is 12.0. The van der Waals surface area contributed by atoms with Crippen LogP contribution in [0, 0.1) is 6.92 Å². The van der Waals surface area contributed by atoms with Crippen molar-refractivity contribution >= 4 is 5.91 Å². The second-order valence-electron chi connectivity index (χ2n) is 6.33. The van der Waals surface area contributed by atoms with Crippen LogP contribution < -0.4 is 19.5 Å². The van der Waals surface area contributed by atoms with Gasteiger partial charge in [0.2, 0.25) is 0 Å². The summed E-state index contributed by atoms with van der Waals surface area (Å²) < 4.78 is 16.6. The topological polar surface area (TPSA) is 56.8 Å². The molecule has 0 aromatic heterocycles. The van der Waals surface area contributed by atoms with Crippen molar-refractivity contribution in [2.24, 2.45) is 0 Å². The molecule has 140 valence electrons. The number of hydrogen-bond donors (Lipinski definition) is 1. The smallest absolute Gasteiger partial charge is 0.258 e. The number of para-hydroxylation sites is 2. The number of hydrogen-bond acceptors (Lipinski definition) is 4. The second-order valence-corrected chi connectivity index (χ2v) is 6.33. The SMILES string of the molecule is COc1ccccc1OCCNC(=O)COc1cc(C)ccc1C(C)C. The number of aryl methyl sites for hydroxylation is 1. The molecule has 2 aromatic rings. The van der Waals surface area contributed by atoms with E-state index >= 15 is 0 Å². The Morgan fingerprint density at radius 2 is 1.77 bits per heavy atom. The maximum atomic E-state index is 12.0. The van der Waals surface area contributed by atoms with Gasteiger partial charge in [-0.05, 0) is 42.2 Å². The lowest BCUT2D eigenvalue weighted by molar-refractivity contribution is -0.123. The summed E-state index contributed by atoms with van der Waals surface area (Å²) in [7, 11) is 1.60. The van der Waals surface area contributed by atoms with Gasteiger partial charge in [0.15, 0.2) is 18.1 Å². The van der Waals surface area contributed by atoms with Crippen LogP contribution in [0.4, 0.5) is 0 Å². The molecule has 0 saturated heterocycles. The lowest BCUT2D eigenvalue weighted by atomic mass is 10.0. The fourth-order valence-electron chi connectivity index (χ4n) is 2.53.